The van der Waals surface area contributed by atoms with Gasteiger partial charge in [-0.05, 0) is 6.42 Å². The van der Waals surface area contributed by atoms with Gasteiger partial charge in [-0.3, -0.25) is 0 Å². The van der Waals surface area contributed by atoms with Gasteiger partial charge in [0.25, 0.3) is 0 Å². The lowest BCUT2D eigenvalue weighted by atomic mass is 9.83. The Morgan fingerprint density at radius 2 is 1.69 bits per heavy atom. The monoisotopic (exact) mass is 213 g/mol. The SMILES string of the molecule is CCCC(CO)C(N)(CO)CO.Cl. The Hall–Kier alpha value is 0.130. The van der Waals surface area contributed by atoms with Crippen molar-refractivity contribution in [2.75, 3.05) is 19.8 Å². The first kappa shape index (κ1) is 15.6. The first-order valence-electron chi connectivity index (χ1n) is 4.26. The highest BCUT2D eigenvalue weighted by molar-refractivity contribution is 5.85. The molecule has 5 heteroatoms. The molecule has 0 saturated heterocycles. The van der Waals surface area contributed by atoms with E-state index in [-0.39, 0.29) is 38.1 Å². The molecule has 13 heavy (non-hydrogen) atoms. The van der Waals surface area contributed by atoms with E-state index in [1.165, 1.54) is 0 Å². The van der Waals surface area contributed by atoms with E-state index in [2.05, 4.69) is 0 Å². The Labute approximate surface area is 85.2 Å². The zero-order valence-corrected chi connectivity index (χ0v) is 8.76. The minimum absolute atomic E-state index is 0. The van der Waals surface area contributed by atoms with Crippen LogP contribution in [0.3, 0.4) is 0 Å². The maximum absolute atomic E-state index is 8.95. The van der Waals surface area contributed by atoms with Crippen molar-refractivity contribution in [2.45, 2.75) is 25.3 Å². The van der Waals surface area contributed by atoms with Crippen LogP contribution in [-0.2, 0) is 0 Å². The van der Waals surface area contributed by atoms with Crippen LogP contribution in [0.15, 0.2) is 0 Å². The molecule has 0 saturated carbocycles. The molecule has 1 atom stereocenters. The van der Waals surface area contributed by atoms with E-state index >= 15 is 0 Å². The number of aliphatic hydroxyl groups excluding tert-OH is 3. The summed E-state index contributed by atoms with van der Waals surface area (Å²) >= 11 is 0. The zero-order valence-electron chi connectivity index (χ0n) is 7.94. The Bertz CT molecular complexity index is 120. The number of hydrogen-bond donors (Lipinski definition) is 4. The minimum atomic E-state index is -1.04. The van der Waals surface area contributed by atoms with Gasteiger partial charge in [-0.15, -0.1) is 12.4 Å². The van der Waals surface area contributed by atoms with E-state index in [0.717, 1.165) is 6.42 Å². The zero-order chi connectivity index (χ0) is 9.61. The van der Waals surface area contributed by atoms with E-state index in [1.54, 1.807) is 0 Å². The molecule has 0 amide bonds. The van der Waals surface area contributed by atoms with Crippen molar-refractivity contribution in [3.8, 4) is 0 Å². The minimum Gasteiger partial charge on any atom is -0.396 e. The number of nitrogens with two attached hydrogens (primary N) is 1. The fraction of sp³-hybridized carbons (Fsp3) is 1.00. The smallest absolute Gasteiger partial charge is 0.0673 e. The molecule has 0 radical (unpaired) electrons. The van der Waals surface area contributed by atoms with E-state index in [1.807, 2.05) is 6.92 Å². The average Bonchev–Trinajstić information content (AvgIpc) is 2.13. The Balaban J connectivity index is 0. The van der Waals surface area contributed by atoms with Gasteiger partial charge in [-0.25, -0.2) is 0 Å². The topological polar surface area (TPSA) is 86.7 Å². The number of halogens is 1. The van der Waals surface area contributed by atoms with Crippen molar-refractivity contribution >= 4 is 12.4 Å². The molecule has 0 aliphatic heterocycles. The Morgan fingerprint density at radius 1 is 1.23 bits per heavy atom. The summed E-state index contributed by atoms with van der Waals surface area (Å²) in [5.41, 5.74) is 4.64. The molecule has 0 fully saturated rings. The molecule has 0 aromatic carbocycles. The van der Waals surface area contributed by atoms with Crippen LogP contribution in [-0.4, -0.2) is 40.7 Å². The largest absolute Gasteiger partial charge is 0.396 e. The van der Waals surface area contributed by atoms with Crippen LogP contribution in [0, 0.1) is 5.92 Å². The first-order chi connectivity index (χ1) is 5.64. The van der Waals surface area contributed by atoms with Crippen molar-refractivity contribution in [1.82, 2.24) is 0 Å². The third-order valence-corrected chi connectivity index (χ3v) is 2.26. The van der Waals surface area contributed by atoms with Crippen LogP contribution in [0.4, 0.5) is 0 Å². The molecular formula is C8H20ClNO3. The molecule has 5 N–H and O–H groups in total. The normalized spacial score (nSPS) is 13.6. The molecule has 0 bridgehead atoms. The summed E-state index contributed by atoms with van der Waals surface area (Å²) in [5, 5.41) is 26.8. The summed E-state index contributed by atoms with van der Waals surface area (Å²) in [5.74, 6) is -0.225. The number of rotatable bonds is 6. The molecule has 0 heterocycles. The summed E-state index contributed by atoms with van der Waals surface area (Å²) in [7, 11) is 0. The predicted octanol–water partition coefficient (Wildman–Crippen LogP) is -0.501. The Kier molecular flexibility index (Phi) is 9.03. The van der Waals surface area contributed by atoms with Crippen LogP contribution in [0.2, 0.25) is 0 Å². The third kappa shape index (κ3) is 4.24. The van der Waals surface area contributed by atoms with Crippen molar-refractivity contribution in [1.29, 1.82) is 0 Å². The van der Waals surface area contributed by atoms with E-state index in [0.29, 0.717) is 6.42 Å². The molecule has 82 valence electrons. The Morgan fingerprint density at radius 3 is 1.92 bits per heavy atom. The van der Waals surface area contributed by atoms with Gasteiger partial charge in [0.15, 0.2) is 0 Å². The highest BCUT2D eigenvalue weighted by Crippen LogP contribution is 2.18. The maximum Gasteiger partial charge on any atom is 0.0673 e. The first-order valence-corrected chi connectivity index (χ1v) is 4.26. The van der Waals surface area contributed by atoms with Crippen LogP contribution < -0.4 is 5.73 Å². The van der Waals surface area contributed by atoms with Crippen LogP contribution in [0.25, 0.3) is 0 Å². The standard InChI is InChI=1S/C8H19NO3.ClH/c1-2-3-7(4-10)8(9,5-11)6-12;/h7,10-12H,2-6,9H2,1H3;1H. The predicted molar refractivity (Wildman–Crippen MR) is 53.8 cm³/mol. The van der Waals surface area contributed by atoms with Gasteiger partial charge >= 0.3 is 0 Å². The lowest BCUT2D eigenvalue weighted by Crippen LogP contribution is -2.55. The molecule has 0 aliphatic carbocycles. The summed E-state index contributed by atoms with van der Waals surface area (Å²) in [4.78, 5) is 0. The van der Waals surface area contributed by atoms with Crippen LogP contribution >= 0.6 is 12.4 Å². The van der Waals surface area contributed by atoms with Crippen molar-refractivity contribution in [3.05, 3.63) is 0 Å². The van der Waals surface area contributed by atoms with Gasteiger partial charge in [0.05, 0.1) is 18.8 Å². The van der Waals surface area contributed by atoms with E-state index < -0.39 is 5.54 Å². The quantitative estimate of drug-likeness (QED) is 0.479. The highest BCUT2D eigenvalue weighted by Gasteiger charge is 2.32. The van der Waals surface area contributed by atoms with Gasteiger partial charge in [0.2, 0.25) is 0 Å². The molecule has 0 aromatic heterocycles. The summed E-state index contributed by atoms with van der Waals surface area (Å²) < 4.78 is 0. The fourth-order valence-corrected chi connectivity index (χ4v) is 1.22. The molecular weight excluding hydrogens is 194 g/mol. The van der Waals surface area contributed by atoms with Crippen LogP contribution in [0.1, 0.15) is 19.8 Å². The van der Waals surface area contributed by atoms with Crippen molar-refractivity contribution < 1.29 is 15.3 Å². The summed E-state index contributed by atoms with van der Waals surface area (Å²) in [6.45, 7) is 1.28. The van der Waals surface area contributed by atoms with Crippen molar-refractivity contribution in [3.63, 3.8) is 0 Å². The maximum atomic E-state index is 8.95. The molecule has 0 aromatic rings. The van der Waals surface area contributed by atoms with Gasteiger partial charge in [0, 0.05) is 12.5 Å². The molecule has 4 nitrogen and oxygen atoms in total. The van der Waals surface area contributed by atoms with Gasteiger partial charge in [-0.1, -0.05) is 13.3 Å². The van der Waals surface area contributed by atoms with Crippen LogP contribution in [0.5, 0.6) is 0 Å². The summed E-state index contributed by atoms with van der Waals surface area (Å²) in [6, 6.07) is 0. The van der Waals surface area contributed by atoms with Gasteiger partial charge < -0.3 is 21.1 Å². The lowest BCUT2D eigenvalue weighted by Gasteiger charge is -2.32. The van der Waals surface area contributed by atoms with Gasteiger partial charge in [0.1, 0.15) is 0 Å². The number of aliphatic hydroxyl groups is 3. The third-order valence-electron chi connectivity index (χ3n) is 2.26. The molecule has 1 unspecified atom stereocenters. The second kappa shape index (κ2) is 7.53. The molecule has 0 aliphatic rings. The van der Waals surface area contributed by atoms with E-state index in [9.17, 15) is 0 Å². The van der Waals surface area contributed by atoms with Crippen molar-refractivity contribution in [2.24, 2.45) is 11.7 Å². The average molecular weight is 214 g/mol. The van der Waals surface area contributed by atoms with Gasteiger partial charge in [-0.2, -0.15) is 0 Å². The second-order valence-corrected chi connectivity index (χ2v) is 3.22. The lowest BCUT2D eigenvalue weighted by molar-refractivity contribution is 0.0427. The van der Waals surface area contributed by atoms with E-state index in [4.69, 9.17) is 21.1 Å². The molecule has 0 rings (SSSR count). The highest BCUT2D eigenvalue weighted by atomic mass is 35.5. The summed E-state index contributed by atoms with van der Waals surface area (Å²) in [6.07, 6.45) is 1.60. The number of hydrogen-bond acceptors (Lipinski definition) is 4. The fourth-order valence-electron chi connectivity index (χ4n) is 1.22. The second-order valence-electron chi connectivity index (χ2n) is 3.22. The molecule has 0 spiro atoms.